The third-order valence-corrected chi connectivity index (χ3v) is 5.21. The molecule has 0 unspecified atom stereocenters. The van der Waals surface area contributed by atoms with E-state index in [1.54, 1.807) is 18.4 Å². The molecule has 1 amide bonds. The summed E-state index contributed by atoms with van der Waals surface area (Å²) >= 11 is 0. The van der Waals surface area contributed by atoms with Gasteiger partial charge in [0.15, 0.2) is 0 Å². The first kappa shape index (κ1) is 21.2. The molecule has 32 heavy (non-hydrogen) atoms. The number of hydrogen-bond acceptors (Lipinski definition) is 4. The van der Waals surface area contributed by atoms with Gasteiger partial charge in [-0.05, 0) is 60.9 Å². The summed E-state index contributed by atoms with van der Waals surface area (Å²) in [6.07, 6.45) is 6.58. The molecule has 2 aromatic carbocycles. The molecule has 0 radical (unpaired) electrons. The number of amides is 1. The molecule has 4 aromatic rings. The standard InChI is InChI=1S/C27H25N3O2/c1-18(2)20-9-11-21(12-10-20)26-17-24(23-16-19(3)8-13-25(23)29-26)27(31)30-28-14-4-6-22-7-5-15-32-22/h4-18H,1-3H3,(H,30,31)/b6-4+,28-14-. The molecular formula is C27H25N3O2. The molecule has 0 aliphatic rings. The molecule has 5 heteroatoms. The van der Waals surface area contributed by atoms with E-state index in [0.717, 1.165) is 27.7 Å². The highest BCUT2D eigenvalue weighted by atomic mass is 16.3. The second-order valence-electron chi connectivity index (χ2n) is 7.95. The van der Waals surface area contributed by atoms with Crippen LogP contribution in [0.5, 0.6) is 0 Å². The number of benzene rings is 2. The third kappa shape index (κ3) is 4.83. The van der Waals surface area contributed by atoms with Crippen LogP contribution in [-0.4, -0.2) is 17.1 Å². The number of rotatable bonds is 6. The van der Waals surface area contributed by atoms with Crippen molar-refractivity contribution in [2.24, 2.45) is 5.10 Å². The molecule has 2 heterocycles. The highest BCUT2D eigenvalue weighted by Crippen LogP contribution is 2.27. The third-order valence-electron chi connectivity index (χ3n) is 5.21. The van der Waals surface area contributed by atoms with Crippen molar-refractivity contribution in [2.75, 3.05) is 0 Å². The maximum absolute atomic E-state index is 13.0. The fourth-order valence-electron chi connectivity index (χ4n) is 3.44. The van der Waals surface area contributed by atoms with Crippen LogP contribution >= 0.6 is 0 Å². The number of nitrogens with zero attached hydrogens (tertiary/aromatic N) is 2. The van der Waals surface area contributed by atoms with Crippen LogP contribution in [0.4, 0.5) is 0 Å². The lowest BCUT2D eigenvalue weighted by Gasteiger charge is -2.11. The first-order valence-electron chi connectivity index (χ1n) is 10.6. The van der Waals surface area contributed by atoms with Crippen LogP contribution in [0.3, 0.4) is 0 Å². The van der Waals surface area contributed by atoms with E-state index >= 15 is 0 Å². The van der Waals surface area contributed by atoms with Crippen molar-refractivity contribution in [2.45, 2.75) is 26.7 Å². The number of hydrogen-bond donors (Lipinski definition) is 1. The van der Waals surface area contributed by atoms with E-state index in [1.165, 1.54) is 11.8 Å². The van der Waals surface area contributed by atoms with Crippen molar-refractivity contribution in [3.05, 3.63) is 95.5 Å². The Morgan fingerprint density at radius 3 is 2.62 bits per heavy atom. The summed E-state index contributed by atoms with van der Waals surface area (Å²) in [5, 5.41) is 4.83. The van der Waals surface area contributed by atoms with Gasteiger partial charge in [-0.1, -0.05) is 49.7 Å². The van der Waals surface area contributed by atoms with Crippen molar-refractivity contribution >= 4 is 29.1 Å². The van der Waals surface area contributed by atoms with E-state index in [4.69, 9.17) is 9.40 Å². The molecule has 0 atom stereocenters. The smallest absolute Gasteiger partial charge is 0.272 e. The molecule has 0 fully saturated rings. The van der Waals surface area contributed by atoms with E-state index in [2.05, 4.69) is 48.6 Å². The summed E-state index contributed by atoms with van der Waals surface area (Å²) in [5.41, 5.74) is 7.97. The molecule has 5 nitrogen and oxygen atoms in total. The molecule has 4 rings (SSSR count). The summed E-state index contributed by atoms with van der Waals surface area (Å²) in [6, 6.07) is 19.7. The van der Waals surface area contributed by atoms with Gasteiger partial charge in [-0.2, -0.15) is 5.10 Å². The number of allylic oxidation sites excluding steroid dienone is 1. The van der Waals surface area contributed by atoms with Crippen LogP contribution in [0.1, 0.15) is 47.0 Å². The number of aromatic nitrogens is 1. The van der Waals surface area contributed by atoms with E-state index < -0.39 is 0 Å². The SMILES string of the molecule is Cc1ccc2nc(-c3ccc(C(C)C)cc3)cc(C(=O)N/N=C\C=C\c3ccco3)c2c1. The molecule has 0 saturated heterocycles. The van der Waals surface area contributed by atoms with Crippen molar-refractivity contribution in [1.29, 1.82) is 0 Å². The largest absolute Gasteiger partial charge is 0.465 e. The highest BCUT2D eigenvalue weighted by Gasteiger charge is 2.14. The van der Waals surface area contributed by atoms with Gasteiger partial charge in [0.25, 0.3) is 5.91 Å². The zero-order chi connectivity index (χ0) is 22.5. The Kier molecular flexibility index (Phi) is 6.26. The Labute approximate surface area is 187 Å². The van der Waals surface area contributed by atoms with E-state index in [1.807, 2.05) is 43.3 Å². The molecule has 0 aliphatic heterocycles. The number of furan rings is 1. The summed E-state index contributed by atoms with van der Waals surface area (Å²) in [5.74, 6) is 0.884. The Morgan fingerprint density at radius 1 is 1.09 bits per heavy atom. The van der Waals surface area contributed by atoms with Crippen LogP contribution in [0.2, 0.25) is 0 Å². The average Bonchev–Trinajstić information content (AvgIpc) is 3.31. The van der Waals surface area contributed by atoms with Gasteiger partial charge < -0.3 is 4.42 Å². The molecule has 0 saturated carbocycles. The van der Waals surface area contributed by atoms with Gasteiger partial charge in [0.1, 0.15) is 5.76 Å². The maximum Gasteiger partial charge on any atom is 0.272 e. The van der Waals surface area contributed by atoms with Crippen molar-refractivity contribution < 1.29 is 9.21 Å². The molecule has 0 spiro atoms. The van der Waals surface area contributed by atoms with Crippen molar-refractivity contribution in [1.82, 2.24) is 10.4 Å². The number of pyridine rings is 1. The van der Waals surface area contributed by atoms with Crippen LogP contribution in [0, 0.1) is 6.92 Å². The number of carbonyl (C=O) groups is 1. The number of nitrogens with one attached hydrogen (secondary N) is 1. The molecule has 0 aliphatic carbocycles. The second-order valence-corrected chi connectivity index (χ2v) is 7.95. The summed E-state index contributed by atoms with van der Waals surface area (Å²) < 4.78 is 5.22. The number of aryl methyl sites for hydroxylation is 1. The quantitative estimate of drug-likeness (QED) is 0.290. The van der Waals surface area contributed by atoms with Gasteiger partial charge in [0.05, 0.1) is 23.0 Å². The fourth-order valence-corrected chi connectivity index (χ4v) is 3.44. The number of fused-ring (bicyclic) bond motifs is 1. The zero-order valence-electron chi connectivity index (χ0n) is 18.4. The predicted molar refractivity (Wildman–Crippen MR) is 130 cm³/mol. The second kappa shape index (κ2) is 9.43. The minimum Gasteiger partial charge on any atom is -0.465 e. The zero-order valence-corrected chi connectivity index (χ0v) is 18.4. The van der Waals surface area contributed by atoms with E-state index in [9.17, 15) is 4.79 Å². The van der Waals surface area contributed by atoms with Gasteiger partial charge in [0, 0.05) is 17.2 Å². The van der Waals surface area contributed by atoms with E-state index in [-0.39, 0.29) is 5.91 Å². The summed E-state index contributed by atoms with van der Waals surface area (Å²) in [6.45, 7) is 6.33. The topological polar surface area (TPSA) is 67.5 Å². The van der Waals surface area contributed by atoms with Gasteiger partial charge in [-0.3, -0.25) is 4.79 Å². The molecule has 160 valence electrons. The lowest BCUT2D eigenvalue weighted by Crippen LogP contribution is -2.18. The first-order chi connectivity index (χ1) is 15.5. The number of hydrazone groups is 1. The van der Waals surface area contributed by atoms with Gasteiger partial charge in [-0.15, -0.1) is 0 Å². The molecule has 0 bridgehead atoms. The predicted octanol–water partition coefficient (Wildman–Crippen LogP) is 6.36. The van der Waals surface area contributed by atoms with Crippen molar-refractivity contribution in [3.63, 3.8) is 0 Å². The summed E-state index contributed by atoms with van der Waals surface area (Å²) in [7, 11) is 0. The lowest BCUT2D eigenvalue weighted by atomic mass is 9.99. The van der Waals surface area contributed by atoms with Gasteiger partial charge >= 0.3 is 0 Å². The monoisotopic (exact) mass is 423 g/mol. The minimum atomic E-state index is -0.286. The van der Waals surface area contributed by atoms with Crippen LogP contribution in [-0.2, 0) is 0 Å². The van der Waals surface area contributed by atoms with Crippen molar-refractivity contribution in [3.8, 4) is 11.3 Å². The Hall–Kier alpha value is -3.99. The van der Waals surface area contributed by atoms with Crippen LogP contribution in [0.25, 0.3) is 28.2 Å². The molecule has 1 N–H and O–H groups in total. The average molecular weight is 424 g/mol. The first-order valence-corrected chi connectivity index (χ1v) is 10.6. The lowest BCUT2D eigenvalue weighted by molar-refractivity contribution is 0.0957. The fraction of sp³-hybridized carbons (Fsp3) is 0.148. The van der Waals surface area contributed by atoms with E-state index in [0.29, 0.717) is 17.2 Å². The molecular weight excluding hydrogens is 398 g/mol. The highest BCUT2D eigenvalue weighted by molar-refractivity contribution is 6.07. The Balaban J connectivity index is 1.64. The van der Waals surface area contributed by atoms with Gasteiger partial charge in [0.2, 0.25) is 0 Å². The van der Waals surface area contributed by atoms with Crippen LogP contribution < -0.4 is 5.43 Å². The summed E-state index contributed by atoms with van der Waals surface area (Å²) in [4.78, 5) is 17.8. The Bertz CT molecular complexity index is 1280. The number of carbonyl (C=O) groups excluding carboxylic acids is 1. The molecule has 2 aromatic heterocycles. The minimum absolute atomic E-state index is 0.286. The normalized spacial score (nSPS) is 11.8. The van der Waals surface area contributed by atoms with Crippen LogP contribution in [0.15, 0.2) is 82.5 Å². The maximum atomic E-state index is 13.0. The van der Waals surface area contributed by atoms with Gasteiger partial charge in [-0.25, -0.2) is 10.4 Å². The Morgan fingerprint density at radius 2 is 1.91 bits per heavy atom.